The maximum Gasteiger partial charge on any atom is 0.101 e. The quantitative estimate of drug-likeness (QED) is 0.412. The number of pyridine rings is 1. The van der Waals surface area contributed by atoms with Gasteiger partial charge in [0.05, 0.1) is 0 Å². The molecule has 4 aromatic rings. The molecule has 0 fully saturated rings. The van der Waals surface area contributed by atoms with Crippen LogP contribution in [0.5, 0.6) is 0 Å². The van der Waals surface area contributed by atoms with Gasteiger partial charge < -0.3 is 0 Å². The van der Waals surface area contributed by atoms with E-state index in [2.05, 4.69) is 79.3 Å². The lowest BCUT2D eigenvalue weighted by molar-refractivity contribution is 1.05. The second-order valence-corrected chi connectivity index (χ2v) is 7.99. The summed E-state index contributed by atoms with van der Waals surface area (Å²) in [7, 11) is 0. The van der Waals surface area contributed by atoms with Crippen molar-refractivity contribution in [3.8, 4) is 33.5 Å². The predicted molar refractivity (Wildman–Crippen MR) is 122 cm³/mol. The Hall–Kier alpha value is -2.89. The molecule has 5 heteroatoms. The predicted octanol–water partition coefficient (Wildman–Crippen LogP) is 6.01. The van der Waals surface area contributed by atoms with Crippen LogP contribution >= 0.6 is 11.9 Å². The lowest BCUT2D eigenvalue weighted by atomic mass is 9.93. The van der Waals surface area contributed by atoms with Gasteiger partial charge in [0, 0.05) is 34.1 Å². The zero-order chi connectivity index (χ0) is 20.5. The Morgan fingerprint density at radius 2 is 1.55 bits per heavy atom. The molecule has 3 N–H and O–H groups in total. The first-order valence-electron chi connectivity index (χ1n) is 9.55. The molecule has 0 radical (unpaired) electrons. The highest BCUT2D eigenvalue weighted by Gasteiger charge is 2.16. The average Bonchev–Trinajstić information content (AvgIpc) is 3.12. The molecule has 0 saturated carbocycles. The van der Waals surface area contributed by atoms with Gasteiger partial charge in [-0.05, 0) is 85.2 Å². The molecule has 29 heavy (non-hydrogen) atoms. The van der Waals surface area contributed by atoms with Crippen molar-refractivity contribution in [3.05, 3.63) is 77.2 Å². The molecule has 0 aliphatic heterocycles. The fraction of sp³-hybridized carbons (Fsp3) is 0.167. The molecule has 0 amide bonds. The van der Waals surface area contributed by atoms with Gasteiger partial charge in [-0.15, -0.1) is 0 Å². The van der Waals surface area contributed by atoms with Crippen molar-refractivity contribution in [2.24, 2.45) is 5.14 Å². The van der Waals surface area contributed by atoms with Crippen LogP contribution in [0.25, 0.3) is 33.5 Å². The zero-order valence-electron chi connectivity index (χ0n) is 17.1. The van der Waals surface area contributed by atoms with E-state index in [1.807, 2.05) is 18.5 Å². The van der Waals surface area contributed by atoms with Gasteiger partial charge in [0.2, 0.25) is 0 Å². The second-order valence-electron chi connectivity index (χ2n) is 7.32. The number of H-pyrrole nitrogens is 1. The maximum absolute atomic E-state index is 5.77. The molecule has 0 spiro atoms. The highest BCUT2D eigenvalue weighted by atomic mass is 32.2. The van der Waals surface area contributed by atoms with Crippen molar-refractivity contribution in [1.29, 1.82) is 0 Å². The molecule has 2 aromatic carbocycles. The van der Waals surface area contributed by atoms with E-state index in [0.717, 1.165) is 38.5 Å². The number of nitrogens with one attached hydrogen (secondary N) is 1. The number of nitrogens with two attached hydrogens (primary N) is 1. The fourth-order valence-corrected chi connectivity index (χ4v) is 4.25. The topological polar surface area (TPSA) is 67.6 Å². The molecule has 146 valence electrons. The summed E-state index contributed by atoms with van der Waals surface area (Å²) in [5.41, 5.74) is 11.5. The third kappa shape index (κ3) is 3.48. The molecule has 0 atom stereocenters. The van der Waals surface area contributed by atoms with Crippen LogP contribution in [0.3, 0.4) is 0 Å². The summed E-state index contributed by atoms with van der Waals surface area (Å²) in [6.07, 6.45) is 3.69. The van der Waals surface area contributed by atoms with Crippen LogP contribution in [0.15, 0.2) is 59.8 Å². The maximum atomic E-state index is 5.77. The van der Waals surface area contributed by atoms with Crippen LogP contribution in [-0.4, -0.2) is 15.2 Å². The summed E-state index contributed by atoms with van der Waals surface area (Å²) >= 11 is 1.30. The highest BCUT2D eigenvalue weighted by molar-refractivity contribution is 7.97. The van der Waals surface area contributed by atoms with Crippen molar-refractivity contribution in [2.75, 3.05) is 0 Å². The second kappa shape index (κ2) is 7.85. The number of aromatic nitrogens is 3. The molecule has 4 rings (SSSR count). The minimum Gasteiger partial charge on any atom is -0.282 e. The SMILES string of the molecule is Cc1cnccc1-c1n[nH]c(C)c1-c1ccc(-c2ccc(SN)c(C)c2C)cc1. The van der Waals surface area contributed by atoms with Gasteiger partial charge >= 0.3 is 0 Å². The average molecular weight is 401 g/mol. The highest BCUT2D eigenvalue weighted by Crippen LogP contribution is 2.36. The molecule has 4 nitrogen and oxygen atoms in total. The minimum atomic E-state index is 0.964. The van der Waals surface area contributed by atoms with Crippen molar-refractivity contribution >= 4 is 11.9 Å². The minimum absolute atomic E-state index is 0.964. The van der Waals surface area contributed by atoms with E-state index in [9.17, 15) is 0 Å². The first-order chi connectivity index (χ1) is 14.0. The van der Waals surface area contributed by atoms with Crippen LogP contribution in [0.1, 0.15) is 22.4 Å². The Kier molecular flexibility index (Phi) is 5.26. The van der Waals surface area contributed by atoms with Gasteiger partial charge in [0.15, 0.2) is 0 Å². The van der Waals surface area contributed by atoms with Gasteiger partial charge in [0.25, 0.3) is 0 Å². The molecule has 0 saturated heterocycles. The summed E-state index contributed by atoms with van der Waals surface area (Å²) in [4.78, 5) is 5.32. The summed E-state index contributed by atoms with van der Waals surface area (Å²) in [6, 6.07) is 15.0. The van der Waals surface area contributed by atoms with E-state index in [-0.39, 0.29) is 0 Å². The third-order valence-corrected chi connectivity index (χ3v) is 6.27. The smallest absolute Gasteiger partial charge is 0.101 e. The summed E-state index contributed by atoms with van der Waals surface area (Å²) in [6.45, 7) is 8.41. The van der Waals surface area contributed by atoms with Crippen molar-refractivity contribution in [2.45, 2.75) is 32.6 Å². The van der Waals surface area contributed by atoms with Crippen LogP contribution in [0, 0.1) is 27.7 Å². The summed E-state index contributed by atoms with van der Waals surface area (Å²) < 4.78 is 0. The molecule has 0 bridgehead atoms. The van der Waals surface area contributed by atoms with E-state index in [1.165, 1.54) is 34.2 Å². The Labute approximate surface area is 175 Å². The number of hydrogen-bond donors (Lipinski definition) is 2. The van der Waals surface area contributed by atoms with Crippen LogP contribution in [-0.2, 0) is 0 Å². The molecule has 0 aliphatic rings. The normalized spacial score (nSPS) is 11.1. The lowest BCUT2D eigenvalue weighted by Gasteiger charge is -2.13. The fourth-order valence-electron chi connectivity index (χ4n) is 3.77. The van der Waals surface area contributed by atoms with E-state index in [1.54, 1.807) is 0 Å². The number of benzene rings is 2. The number of aryl methyl sites for hydroxylation is 2. The number of hydrogen-bond acceptors (Lipinski definition) is 4. The Balaban J connectivity index is 1.77. The van der Waals surface area contributed by atoms with Crippen molar-refractivity contribution in [3.63, 3.8) is 0 Å². The van der Waals surface area contributed by atoms with E-state index >= 15 is 0 Å². The van der Waals surface area contributed by atoms with E-state index < -0.39 is 0 Å². The van der Waals surface area contributed by atoms with E-state index in [4.69, 9.17) is 5.14 Å². The van der Waals surface area contributed by atoms with Crippen LogP contribution in [0.2, 0.25) is 0 Å². The standard InChI is InChI=1S/C24H24N4S/c1-14-13-26-12-11-20(14)24-23(17(4)27-28-24)19-7-5-18(6-8-19)21-9-10-22(29-25)16(3)15(21)2/h5-13H,25H2,1-4H3,(H,27,28). The van der Waals surface area contributed by atoms with Crippen molar-refractivity contribution < 1.29 is 0 Å². The zero-order valence-corrected chi connectivity index (χ0v) is 17.9. The van der Waals surface area contributed by atoms with Crippen LogP contribution in [0.4, 0.5) is 0 Å². The Bertz CT molecular complexity index is 1180. The van der Waals surface area contributed by atoms with Gasteiger partial charge in [0.1, 0.15) is 5.69 Å². The molecule has 0 aliphatic carbocycles. The van der Waals surface area contributed by atoms with Crippen LogP contribution < -0.4 is 5.14 Å². The van der Waals surface area contributed by atoms with Gasteiger partial charge in [-0.3, -0.25) is 15.2 Å². The monoisotopic (exact) mass is 400 g/mol. The van der Waals surface area contributed by atoms with Gasteiger partial charge in [-0.2, -0.15) is 5.10 Å². The number of rotatable bonds is 4. The van der Waals surface area contributed by atoms with Gasteiger partial charge in [-0.25, -0.2) is 0 Å². The molecular weight excluding hydrogens is 376 g/mol. The molecule has 2 aromatic heterocycles. The summed E-state index contributed by atoms with van der Waals surface area (Å²) in [5.74, 6) is 0. The third-order valence-electron chi connectivity index (χ3n) is 5.57. The first kappa shape index (κ1) is 19.4. The first-order valence-corrected chi connectivity index (χ1v) is 10.4. The molecule has 2 heterocycles. The lowest BCUT2D eigenvalue weighted by Crippen LogP contribution is -1.92. The van der Waals surface area contributed by atoms with Crippen molar-refractivity contribution in [1.82, 2.24) is 15.2 Å². The van der Waals surface area contributed by atoms with Gasteiger partial charge in [-0.1, -0.05) is 30.3 Å². The number of nitrogens with zero attached hydrogens (tertiary/aromatic N) is 2. The Morgan fingerprint density at radius 3 is 2.24 bits per heavy atom. The molecule has 0 unspecified atom stereocenters. The number of aromatic amines is 1. The summed E-state index contributed by atoms with van der Waals surface area (Å²) in [5, 5.41) is 13.5. The molecular formula is C24H24N4S. The Morgan fingerprint density at radius 1 is 0.828 bits per heavy atom. The van der Waals surface area contributed by atoms with E-state index in [0.29, 0.717) is 0 Å². The largest absolute Gasteiger partial charge is 0.282 e.